The summed E-state index contributed by atoms with van der Waals surface area (Å²) in [6.45, 7) is 0.0716. The fraction of sp³-hybridized carbons (Fsp3) is 0.556. The van der Waals surface area contributed by atoms with E-state index in [0.717, 1.165) is 4.31 Å². The zero-order chi connectivity index (χ0) is 13.6. The number of hydrogen-bond donors (Lipinski definition) is 1. The van der Waals surface area contributed by atoms with Crippen LogP contribution in [0, 0.1) is 0 Å². The van der Waals surface area contributed by atoms with Crippen molar-refractivity contribution in [3.05, 3.63) is 18.0 Å². The van der Waals surface area contributed by atoms with Gasteiger partial charge in [-0.25, -0.2) is 0 Å². The maximum Gasteiger partial charge on any atom is 0.306 e. The molecule has 1 aromatic rings. The van der Waals surface area contributed by atoms with E-state index in [1.165, 1.54) is 20.4 Å². The zero-order valence-corrected chi connectivity index (χ0v) is 10.9. The van der Waals surface area contributed by atoms with E-state index in [9.17, 15) is 13.2 Å². The van der Waals surface area contributed by atoms with Crippen molar-refractivity contribution in [1.82, 2.24) is 14.2 Å². The van der Waals surface area contributed by atoms with E-state index in [-0.39, 0.29) is 19.5 Å². The molecule has 0 spiro atoms. The van der Waals surface area contributed by atoms with E-state index in [0.29, 0.717) is 5.69 Å². The molecule has 0 amide bonds. The Morgan fingerprint density at radius 2 is 2.33 bits per heavy atom. The highest BCUT2D eigenvalue weighted by molar-refractivity contribution is 7.87. The first kappa shape index (κ1) is 14.6. The Hall–Kier alpha value is -1.45. The fourth-order valence-electron chi connectivity index (χ4n) is 1.08. The maximum atomic E-state index is 11.7. The van der Waals surface area contributed by atoms with Crippen molar-refractivity contribution >= 4 is 16.2 Å². The lowest BCUT2D eigenvalue weighted by Gasteiger charge is -2.16. The molecule has 0 radical (unpaired) electrons. The molecule has 18 heavy (non-hydrogen) atoms. The van der Waals surface area contributed by atoms with Gasteiger partial charge in [0.2, 0.25) is 0 Å². The topological polar surface area (TPSA) is 102 Å². The Bertz CT molecular complexity index is 470. The number of aromatic nitrogens is 1. The second-order valence-corrected chi connectivity index (χ2v) is 5.33. The van der Waals surface area contributed by atoms with E-state index >= 15 is 0 Å². The summed E-state index contributed by atoms with van der Waals surface area (Å²) in [6.07, 6.45) is 1.35. The average Bonchev–Trinajstić information content (AvgIpc) is 2.86. The highest BCUT2D eigenvalue weighted by atomic mass is 32.2. The molecular formula is C9H15N3O5S. The van der Waals surface area contributed by atoms with Crippen molar-refractivity contribution in [2.24, 2.45) is 0 Å². The summed E-state index contributed by atoms with van der Waals surface area (Å²) in [6, 6.07) is 1.55. The third-order valence-corrected chi connectivity index (χ3v) is 3.71. The van der Waals surface area contributed by atoms with Gasteiger partial charge >= 0.3 is 5.97 Å². The van der Waals surface area contributed by atoms with E-state index in [1.54, 1.807) is 6.07 Å². The standard InChI is InChI=1S/C9H15N3O5S/c1-12(5-3-9(13)16-2)18(14,15)10-7-8-4-6-17-11-8/h4,6,10H,3,5,7H2,1-2H3. The number of nitrogens with one attached hydrogen (secondary N) is 1. The van der Waals surface area contributed by atoms with Gasteiger partial charge in [0.1, 0.15) is 6.26 Å². The van der Waals surface area contributed by atoms with Crippen molar-refractivity contribution in [3.8, 4) is 0 Å². The van der Waals surface area contributed by atoms with Crippen LogP contribution >= 0.6 is 0 Å². The average molecular weight is 277 g/mol. The predicted molar refractivity (Wildman–Crippen MR) is 61.5 cm³/mol. The van der Waals surface area contributed by atoms with Crippen LogP contribution in [0.5, 0.6) is 0 Å². The van der Waals surface area contributed by atoms with Crippen LogP contribution in [-0.4, -0.2) is 44.6 Å². The number of ether oxygens (including phenoxy) is 1. The third-order valence-electron chi connectivity index (χ3n) is 2.20. The van der Waals surface area contributed by atoms with Gasteiger partial charge in [-0.3, -0.25) is 4.79 Å². The van der Waals surface area contributed by atoms with Crippen molar-refractivity contribution in [2.45, 2.75) is 13.0 Å². The number of esters is 1. The molecule has 102 valence electrons. The summed E-state index contributed by atoms with van der Waals surface area (Å²) in [7, 11) is -1.03. The normalized spacial score (nSPS) is 11.7. The maximum absolute atomic E-state index is 11.7. The molecule has 8 nitrogen and oxygen atoms in total. The summed E-state index contributed by atoms with van der Waals surface area (Å²) in [5.41, 5.74) is 0.472. The van der Waals surface area contributed by atoms with Crippen molar-refractivity contribution < 1.29 is 22.5 Å². The third kappa shape index (κ3) is 4.43. The first-order valence-electron chi connectivity index (χ1n) is 5.12. The van der Waals surface area contributed by atoms with Gasteiger partial charge < -0.3 is 9.26 Å². The SMILES string of the molecule is COC(=O)CCN(C)S(=O)(=O)NCc1ccon1. The van der Waals surface area contributed by atoms with Gasteiger partial charge in [0.15, 0.2) is 0 Å². The molecule has 0 aromatic carbocycles. The smallest absolute Gasteiger partial charge is 0.306 e. The molecule has 1 rings (SSSR count). The van der Waals surface area contributed by atoms with Gasteiger partial charge in [-0.15, -0.1) is 0 Å². The Morgan fingerprint density at radius 3 is 2.89 bits per heavy atom. The molecule has 0 saturated carbocycles. The molecule has 0 saturated heterocycles. The van der Waals surface area contributed by atoms with Crippen LogP contribution in [0.1, 0.15) is 12.1 Å². The number of carbonyl (C=O) groups excluding carboxylic acids is 1. The lowest BCUT2D eigenvalue weighted by atomic mass is 10.4. The van der Waals surface area contributed by atoms with Crippen LogP contribution < -0.4 is 4.72 Å². The van der Waals surface area contributed by atoms with Crippen LogP contribution in [0.2, 0.25) is 0 Å². The number of hydrogen-bond acceptors (Lipinski definition) is 6. The summed E-state index contributed by atoms with van der Waals surface area (Å²) in [5, 5.41) is 3.57. The summed E-state index contributed by atoms with van der Waals surface area (Å²) >= 11 is 0. The van der Waals surface area contributed by atoms with E-state index in [4.69, 9.17) is 0 Å². The van der Waals surface area contributed by atoms with Gasteiger partial charge in [0.25, 0.3) is 10.2 Å². The number of nitrogens with zero attached hydrogens (tertiary/aromatic N) is 2. The number of methoxy groups -OCH3 is 1. The predicted octanol–water partition coefficient (Wildman–Crippen LogP) is -0.496. The van der Waals surface area contributed by atoms with Gasteiger partial charge in [0.05, 0.1) is 25.8 Å². The lowest BCUT2D eigenvalue weighted by Crippen LogP contribution is -2.39. The first-order valence-corrected chi connectivity index (χ1v) is 6.56. The van der Waals surface area contributed by atoms with Crippen molar-refractivity contribution in [1.29, 1.82) is 0 Å². The van der Waals surface area contributed by atoms with Crippen LogP contribution in [0.25, 0.3) is 0 Å². The van der Waals surface area contributed by atoms with Gasteiger partial charge in [0, 0.05) is 19.7 Å². The molecule has 0 bridgehead atoms. The minimum absolute atomic E-state index is 0.00211. The molecule has 0 fully saturated rings. The molecule has 0 aliphatic carbocycles. The van der Waals surface area contributed by atoms with Crippen LogP contribution in [-0.2, 0) is 26.3 Å². The molecule has 9 heteroatoms. The Labute approximate surface area is 105 Å². The Kier molecular flexibility index (Phi) is 5.25. The van der Waals surface area contributed by atoms with E-state index in [2.05, 4.69) is 19.1 Å². The summed E-state index contributed by atoms with van der Waals surface area (Å²) in [5.74, 6) is -0.464. The fourth-order valence-corrected chi connectivity index (χ4v) is 1.96. The molecule has 1 aromatic heterocycles. The van der Waals surface area contributed by atoms with Crippen LogP contribution in [0.4, 0.5) is 0 Å². The number of carbonyl (C=O) groups is 1. The molecule has 1 N–H and O–H groups in total. The van der Waals surface area contributed by atoms with Gasteiger partial charge in [-0.1, -0.05) is 5.16 Å². The highest BCUT2D eigenvalue weighted by Crippen LogP contribution is 2.00. The Morgan fingerprint density at radius 1 is 1.61 bits per heavy atom. The van der Waals surface area contributed by atoms with Gasteiger partial charge in [-0.2, -0.15) is 17.4 Å². The second kappa shape index (κ2) is 6.47. The molecule has 0 aliphatic heterocycles. The van der Waals surface area contributed by atoms with Crippen molar-refractivity contribution in [2.75, 3.05) is 20.7 Å². The molecule has 1 heterocycles. The molecule has 0 aliphatic rings. The Balaban J connectivity index is 2.44. The molecule has 0 unspecified atom stereocenters. The molecular weight excluding hydrogens is 262 g/mol. The summed E-state index contributed by atoms with van der Waals surface area (Å²) in [4.78, 5) is 10.9. The van der Waals surface area contributed by atoms with Crippen LogP contribution in [0.3, 0.4) is 0 Å². The zero-order valence-electron chi connectivity index (χ0n) is 10.1. The highest BCUT2D eigenvalue weighted by Gasteiger charge is 2.18. The van der Waals surface area contributed by atoms with E-state index < -0.39 is 16.2 Å². The van der Waals surface area contributed by atoms with Gasteiger partial charge in [-0.05, 0) is 0 Å². The van der Waals surface area contributed by atoms with Crippen LogP contribution in [0.15, 0.2) is 16.9 Å². The summed E-state index contributed by atoms with van der Waals surface area (Å²) < 4.78 is 35.8. The monoisotopic (exact) mass is 277 g/mol. The largest absolute Gasteiger partial charge is 0.469 e. The minimum Gasteiger partial charge on any atom is -0.469 e. The quantitative estimate of drug-likeness (QED) is 0.674. The number of rotatable bonds is 7. The first-order chi connectivity index (χ1) is 8.45. The minimum atomic E-state index is -3.65. The van der Waals surface area contributed by atoms with Crippen molar-refractivity contribution in [3.63, 3.8) is 0 Å². The second-order valence-electron chi connectivity index (χ2n) is 3.46. The molecule has 0 atom stereocenters. The lowest BCUT2D eigenvalue weighted by molar-refractivity contribution is -0.140. The van der Waals surface area contributed by atoms with E-state index in [1.807, 2.05) is 0 Å².